The van der Waals surface area contributed by atoms with E-state index < -0.39 is 0 Å². The largest absolute Gasteiger partial charge is 0.310 e. The minimum atomic E-state index is 1.14. The standard InChI is InChI=1S/C52H48N2/c1-37-15-33-51(41(5)35-37)53(49-13-9-7-11-39(49)3)47-29-25-45(26-30-47)23-21-43-17-19-44(20-18-43)22-24-46-27-31-48(32-28-46)54(50-14-10-8-12-40(50)4)52-34-16-38(2)36-42(52)6/h7-36H,1-6H3. The fourth-order valence-corrected chi connectivity index (χ4v) is 7.13. The van der Waals surface area contributed by atoms with Crippen molar-refractivity contribution in [2.24, 2.45) is 0 Å². The zero-order valence-corrected chi connectivity index (χ0v) is 32.2. The van der Waals surface area contributed by atoms with Gasteiger partial charge in [-0.25, -0.2) is 0 Å². The van der Waals surface area contributed by atoms with Crippen molar-refractivity contribution in [2.75, 3.05) is 9.80 Å². The van der Waals surface area contributed by atoms with Gasteiger partial charge in [-0.15, -0.1) is 0 Å². The number of hydrogen-bond donors (Lipinski definition) is 0. The molecule has 7 aromatic rings. The molecule has 0 amide bonds. The van der Waals surface area contributed by atoms with Crippen LogP contribution in [0.4, 0.5) is 34.1 Å². The number of nitrogens with zero attached hydrogens (tertiary/aromatic N) is 2. The van der Waals surface area contributed by atoms with Crippen molar-refractivity contribution >= 4 is 58.4 Å². The molecule has 0 fully saturated rings. The summed E-state index contributed by atoms with van der Waals surface area (Å²) in [5, 5.41) is 0. The van der Waals surface area contributed by atoms with E-state index in [-0.39, 0.29) is 0 Å². The Labute approximate surface area is 322 Å². The van der Waals surface area contributed by atoms with E-state index in [1.807, 2.05) is 0 Å². The molecule has 0 spiro atoms. The van der Waals surface area contributed by atoms with Gasteiger partial charge >= 0.3 is 0 Å². The van der Waals surface area contributed by atoms with Gasteiger partial charge in [-0.1, -0.05) is 145 Å². The van der Waals surface area contributed by atoms with Gasteiger partial charge in [0.15, 0.2) is 0 Å². The van der Waals surface area contributed by atoms with E-state index >= 15 is 0 Å². The molecular weight excluding hydrogens is 653 g/mol. The van der Waals surface area contributed by atoms with Gasteiger partial charge in [-0.3, -0.25) is 0 Å². The van der Waals surface area contributed by atoms with Crippen LogP contribution in [0, 0.1) is 41.5 Å². The summed E-state index contributed by atoms with van der Waals surface area (Å²) in [6, 6.07) is 56.9. The first kappa shape index (κ1) is 36.0. The second-order valence-corrected chi connectivity index (χ2v) is 14.3. The summed E-state index contributed by atoms with van der Waals surface area (Å²) in [6.45, 7) is 13.0. The Morgan fingerprint density at radius 2 is 0.593 bits per heavy atom. The Bertz CT molecular complexity index is 2260. The van der Waals surface area contributed by atoms with Gasteiger partial charge in [-0.05, 0) is 135 Å². The fourth-order valence-electron chi connectivity index (χ4n) is 7.13. The minimum Gasteiger partial charge on any atom is -0.310 e. The van der Waals surface area contributed by atoms with Crippen molar-refractivity contribution in [3.05, 3.63) is 213 Å². The van der Waals surface area contributed by atoms with Crippen molar-refractivity contribution < 1.29 is 0 Å². The van der Waals surface area contributed by atoms with E-state index in [0.717, 1.165) is 22.5 Å². The SMILES string of the molecule is Cc1ccc(N(c2ccc(C=Cc3ccc(C=Cc4ccc(N(c5ccccc5C)c5ccc(C)cc5C)cc4)cc3)cc2)c2ccccc2C)c(C)c1. The average molecular weight is 701 g/mol. The number of anilines is 6. The third-order valence-electron chi connectivity index (χ3n) is 10.1. The molecule has 54 heavy (non-hydrogen) atoms. The highest BCUT2D eigenvalue weighted by Gasteiger charge is 2.17. The van der Waals surface area contributed by atoms with Crippen LogP contribution in [0.15, 0.2) is 158 Å². The normalized spacial score (nSPS) is 11.4. The van der Waals surface area contributed by atoms with Crippen molar-refractivity contribution in [3.63, 3.8) is 0 Å². The summed E-state index contributed by atoms with van der Waals surface area (Å²) in [6.07, 6.45) is 8.73. The molecule has 0 unspecified atom stereocenters. The predicted molar refractivity (Wildman–Crippen MR) is 235 cm³/mol. The maximum Gasteiger partial charge on any atom is 0.0491 e. The van der Waals surface area contributed by atoms with Gasteiger partial charge in [0, 0.05) is 34.1 Å². The Hall–Kier alpha value is -6.38. The van der Waals surface area contributed by atoms with Crippen molar-refractivity contribution in [1.82, 2.24) is 0 Å². The topological polar surface area (TPSA) is 6.48 Å². The lowest BCUT2D eigenvalue weighted by Crippen LogP contribution is -2.12. The molecule has 0 aromatic heterocycles. The molecule has 266 valence electrons. The summed E-state index contributed by atoms with van der Waals surface area (Å²) in [5.41, 5.74) is 19.3. The summed E-state index contributed by atoms with van der Waals surface area (Å²) < 4.78 is 0. The molecule has 0 N–H and O–H groups in total. The first-order valence-corrected chi connectivity index (χ1v) is 18.8. The van der Waals surface area contributed by atoms with Crippen LogP contribution in [0.3, 0.4) is 0 Å². The monoisotopic (exact) mass is 700 g/mol. The van der Waals surface area contributed by atoms with Crippen LogP contribution in [0.25, 0.3) is 24.3 Å². The Balaban J connectivity index is 1.05. The van der Waals surface area contributed by atoms with Gasteiger partial charge in [0.2, 0.25) is 0 Å². The second-order valence-electron chi connectivity index (χ2n) is 14.3. The first-order chi connectivity index (χ1) is 26.2. The number of hydrogen-bond acceptors (Lipinski definition) is 2. The van der Waals surface area contributed by atoms with Crippen LogP contribution in [0.1, 0.15) is 55.6 Å². The lowest BCUT2D eigenvalue weighted by atomic mass is 10.0. The molecule has 0 radical (unpaired) electrons. The molecule has 0 saturated carbocycles. The summed E-state index contributed by atoms with van der Waals surface area (Å²) in [7, 11) is 0. The molecule has 7 rings (SSSR count). The molecule has 0 aliphatic heterocycles. The van der Waals surface area contributed by atoms with Gasteiger partial charge in [0.05, 0.1) is 0 Å². The zero-order valence-electron chi connectivity index (χ0n) is 32.2. The Morgan fingerprint density at radius 3 is 0.907 bits per heavy atom. The van der Waals surface area contributed by atoms with E-state index in [1.54, 1.807) is 0 Å². The molecule has 0 heterocycles. The quantitative estimate of drug-likeness (QED) is 0.131. The maximum absolute atomic E-state index is 2.37. The van der Waals surface area contributed by atoms with Crippen molar-refractivity contribution in [2.45, 2.75) is 41.5 Å². The molecule has 2 nitrogen and oxygen atoms in total. The molecule has 7 aromatic carbocycles. The minimum absolute atomic E-state index is 1.14. The van der Waals surface area contributed by atoms with E-state index in [9.17, 15) is 0 Å². The van der Waals surface area contributed by atoms with Crippen LogP contribution in [0.2, 0.25) is 0 Å². The lowest BCUT2D eigenvalue weighted by Gasteiger charge is -2.28. The molecule has 0 atom stereocenters. The third-order valence-corrected chi connectivity index (χ3v) is 10.1. The fraction of sp³-hybridized carbons (Fsp3) is 0.115. The second kappa shape index (κ2) is 16.1. The highest BCUT2D eigenvalue weighted by Crippen LogP contribution is 2.40. The van der Waals surface area contributed by atoms with Gasteiger partial charge in [0.25, 0.3) is 0 Å². The molecular formula is C52H48N2. The number of rotatable bonds is 10. The highest BCUT2D eigenvalue weighted by atomic mass is 15.2. The van der Waals surface area contributed by atoms with Crippen molar-refractivity contribution in [3.8, 4) is 0 Å². The van der Waals surface area contributed by atoms with Gasteiger partial charge in [0.1, 0.15) is 0 Å². The third kappa shape index (κ3) is 8.14. The average Bonchev–Trinajstić information content (AvgIpc) is 3.18. The molecule has 0 aliphatic carbocycles. The molecule has 2 heteroatoms. The smallest absolute Gasteiger partial charge is 0.0491 e. The molecule has 0 aliphatic rings. The van der Waals surface area contributed by atoms with Gasteiger partial charge in [-0.2, -0.15) is 0 Å². The summed E-state index contributed by atoms with van der Waals surface area (Å²) >= 11 is 0. The Kier molecular flexibility index (Phi) is 10.7. The number of benzene rings is 7. The van der Waals surface area contributed by atoms with Crippen molar-refractivity contribution in [1.29, 1.82) is 0 Å². The predicted octanol–water partition coefficient (Wildman–Crippen LogP) is 14.8. The first-order valence-electron chi connectivity index (χ1n) is 18.8. The summed E-state index contributed by atoms with van der Waals surface area (Å²) in [4.78, 5) is 4.73. The van der Waals surface area contributed by atoms with Crippen LogP contribution in [-0.2, 0) is 0 Å². The van der Waals surface area contributed by atoms with Gasteiger partial charge < -0.3 is 9.80 Å². The molecule has 0 bridgehead atoms. The zero-order chi connectivity index (χ0) is 37.6. The van der Waals surface area contributed by atoms with Crippen LogP contribution < -0.4 is 9.80 Å². The highest BCUT2D eigenvalue weighted by molar-refractivity contribution is 5.83. The van der Waals surface area contributed by atoms with Crippen LogP contribution in [-0.4, -0.2) is 0 Å². The number of para-hydroxylation sites is 2. The Morgan fingerprint density at radius 1 is 0.296 bits per heavy atom. The molecule has 0 saturated heterocycles. The van der Waals surface area contributed by atoms with E-state index in [0.29, 0.717) is 0 Å². The van der Waals surface area contributed by atoms with E-state index in [2.05, 4.69) is 233 Å². The maximum atomic E-state index is 2.37. The van der Waals surface area contributed by atoms with E-state index in [4.69, 9.17) is 0 Å². The number of aryl methyl sites for hydroxylation is 6. The van der Waals surface area contributed by atoms with Crippen LogP contribution in [0.5, 0.6) is 0 Å². The van der Waals surface area contributed by atoms with E-state index in [1.165, 1.54) is 67.3 Å². The van der Waals surface area contributed by atoms with Crippen LogP contribution >= 0.6 is 0 Å². The summed E-state index contributed by atoms with van der Waals surface area (Å²) in [5.74, 6) is 0. The lowest BCUT2D eigenvalue weighted by molar-refractivity contribution is 1.22.